The molecule has 3 amide bonds. The molecule has 3 saturated heterocycles. The second-order valence-corrected chi connectivity index (χ2v) is 9.55. The molecular weight excluding hydrogens is 402 g/mol. The highest BCUT2D eigenvalue weighted by molar-refractivity contribution is 6.26. The zero-order valence-corrected chi connectivity index (χ0v) is 18.6. The van der Waals surface area contributed by atoms with E-state index in [0.717, 1.165) is 53.7 Å². The fraction of sp³-hybridized carbons (Fsp3) is 0.423. The fourth-order valence-corrected chi connectivity index (χ4v) is 6.80. The molecule has 0 aliphatic carbocycles. The summed E-state index contributed by atoms with van der Waals surface area (Å²) in [5.41, 5.74) is 4.27. The van der Waals surface area contributed by atoms with Gasteiger partial charge in [-0.05, 0) is 62.4 Å². The number of carbonyl (C=O) groups excluding carboxylic acids is 3. The molecule has 164 valence electrons. The van der Waals surface area contributed by atoms with E-state index < -0.39 is 17.4 Å². The fourth-order valence-electron chi connectivity index (χ4n) is 6.80. The molecule has 0 aromatic heterocycles. The third-order valence-corrected chi connectivity index (χ3v) is 8.31. The molecule has 0 unspecified atom stereocenters. The van der Waals surface area contributed by atoms with Crippen LogP contribution in [0.1, 0.15) is 42.0 Å². The highest BCUT2D eigenvalue weighted by Crippen LogP contribution is 2.61. The van der Waals surface area contributed by atoms with E-state index in [4.69, 9.17) is 0 Å². The van der Waals surface area contributed by atoms with Crippen molar-refractivity contribution in [2.45, 2.75) is 51.6 Å². The SMILES string of the molecule is CCc1cccc2c1NC(=O)[C@@]21[C@@H]2C(=O)N(c3cccc(C)c3C)C(=O)[C@H]2[C@H]2CCCN21. The van der Waals surface area contributed by atoms with E-state index in [1.54, 1.807) is 0 Å². The molecule has 1 N–H and O–H groups in total. The molecule has 1 spiro atoms. The Morgan fingerprint density at radius 3 is 2.62 bits per heavy atom. The van der Waals surface area contributed by atoms with Crippen LogP contribution in [0, 0.1) is 25.7 Å². The Hall–Kier alpha value is -2.99. The molecule has 3 fully saturated rings. The van der Waals surface area contributed by atoms with Gasteiger partial charge in [-0.15, -0.1) is 0 Å². The Balaban J connectivity index is 1.57. The minimum absolute atomic E-state index is 0.0893. The minimum atomic E-state index is -1.11. The van der Waals surface area contributed by atoms with Crippen molar-refractivity contribution in [2.75, 3.05) is 16.8 Å². The molecule has 4 atom stereocenters. The van der Waals surface area contributed by atoms with Gasteiger partial charge in [0.05, 0.1) is 17.5 Å². The average Bonchev–Trinajstić information content (AvgIpc) is 3.49. The second-order valence-electron chi connectivity index (χ2n) is 9.55. The molecule has 2 aromatic carbocycles. The number of nitrogens with one attached hydrogen (secondary N) is 1. The number of para-hydroxylation sites is 1. The first-order valence-electron chi connectivity index (χ1n) is 11.6. The van der Waals surface area contributed by atoms with Crippen LogP contribution in [0.15, 0.2) is 36.4 Å². The molecule has 2 aromatic rings. The lowest BCUT2D eigenvalue weighted by molar-refractivity contribution is -0.135. The summed E-state index contributed by atoms with van der Waals surface area (Å²) in [7, 11) is 0. The topological polar surface area (TPSA) is 69.7 Å². The highest BCUT2D eigenvalue weighted by Gasteiger charge is 2.74. The summed E-state index contributed by atoms with van der Waals surface area (Å²) >= 11 is 0. The lowest BCUT2D eigenvalue weighted by atomic mass is 9.75. The molecule has 0 radical (unpaired) electrons. The summed E-state index contributed by atoms with van der Waals surface area (Å²) in [6, 6.07) is 11.6. The molecule has 0 bridgehead atoms. The highest BCUT2D eigenvalue weighted by atomic mass is 16.2. The Morgan fingerprint density at radius 2 is 1.84 bits per heavy atom. The van der Waals surface area contributed by atoms with Gasteiger partial charge in [0.25, 0.3) is 0 Å². The number of imide groups is 1. The molecule has 32 heavy (non-hydrogen) atoms. The normalized spacial score (nSPS) is 30.8. The van der Waals surface area contributed by atoms with Crippen molar-refractivity contribution in [3.63, 3.8) is 0 Å². The van der Waals surface area contributed by atoms with Crippen molar-refractivity contribution in [3.05, 3.63) is 58.7 Å². The monoisotopic (exact) mass is 429 g/mol. The van der Waals surface area contributed by atoms with Gasteiger partial charge >= 0.3 is 0 Å². The van der Waals surface area contributed by atoms with Gasteiger partial charge in [-0.3, -0.25) is 19.3 Å². The largest absolute Gasteiger partial charge is 0.324 e. The number of rotatable bonds is 2. The van der Waals surface area contributed by atoms with E-state index in [9.17, 15) is 14.4 Å². The predicted octanol–water partition coefficient (Wildman–Crippen LogP) is 3.30. The van der Waals surface area contributed by atoms with Crippen LogP contribution in [0.25, 0.3) is 0 Å². The summed E-state index contributed by atoms with van der Waals surface area (Å²) in [6.07, 6.45) is 2.55. The number of nitrogens with zero attached hydrogens (tertiary/aromatic N) is 2. The van der Waals surface area contributed by atoms with Crippen LogP contribution in [0.2, 0.25) is 0 Å². The summed E-state index contributed by atoms with van der Waals surface area (Å²) in [5, 5.41) is 3.12. The minimum Gasteiger partial charge on any atom is -0.324 e. The van der Waals surface area contributed by atoms with Crippen molar-refractivity contribution in [1.29, 1.82) is 0 Å². The van der Waals surface area contributed by atoms with Gasteiger partial charge in [0.2, 0.25) is 17.7 Å². The van der Waals surface area contributed by atoms with Gasteiger partial charge in [0, 0.05) is 17.3 Å². The zero-order valence-electron chi connectivity index (χ0n) is 18.6. The Kier molecular flexibility index (Phi) is 4.01. The number of hydrogen-bond donors (Lipinski definition) is 1. The first-order chi connectivity index (χ1) is 15.4. The van der Waals surface area contributed by atoms with E-state index in [-0.39, 0.29) is 23.8 Å². The number of hydrogen-bond acceptors (Lipinski definition) is 4. The molecule has 4 aliphatic rings. The smallest absolute Gasteiger partial charge is 0.250 e. The third-order valence-electron chi connectivity index (χ3n) is 8.31. The summed E-state index contributed by atoms with van der Waals surface area (Å²) in [5.74, 6) is -1.75. The number of benzene rings is 2. The van der Waals surface area contributed by atoms with E-state index in [1.165, 1.54) is 4.90 Å². The lowest BCUT2D eigenvalue weighted by Gasteiger charge is -2.36. The maximum atomic E-state index is 14.1. The first-order valence-corrected chi connectivity index (χ1v) is 11.6. The molecule has 4 aliphatic heterocycles. The Bertz CT molecular complexity index is 1200. The van der Waals surface area contributed by atoms with E-state index in [0.29, 0.717) is 5.69 Å². The third kappa shape index (κ3) is 2.11. The van der Waals surface area contributed by atoms with Crippen molar-refractivity contribution in [1.82, 2.24) is 4.90 Å². The number of aryl methyl sites for hydroxylation is 2. The number of amides is 3. The Morgan fingerprint density at radius 1 is 1.06 bits per heavy atom. The van der Waals surface area contributed by atoms with Crippen LogP contribution in [0.4, 0.5) is 11.4 Å². The zero-order chi connectivity index (χ0) is 22.4. The molecule has 6 heteroatoms. The van der Waals surface area contributed by atoms with E-state index in [1.807, 2.05) is 50.2 Å². The summed E-state index contributed by atoms with van der Waals surface area (Å²) in [4.78, 5) is 45.2. The van der Waals surface area contributed by atoms with Crippen LogP contribution >= 0.6 is 0 Å². The molecule has 4 heterocycles. The van der Waals surface area contributed by atoms with Crippen molar-refractivity contribution in [3.8, 4) is 0 Å². The number of carbonyl (C=O) groups is 3. The van der Waals surface area contributed by atoms with Crippen molar-refractivity contribution < 1.29 is 14.4 Å². The quantitative estimate of drug-likeness (QED) is 0.744. The maximum Gasteiger partial charge on any atom is 0.250 e. The lowest BCUT2D eigenvalue weighted by Crippen LogP contribution is -2.54. The van der Waals surface area contributed by atoms with Crippen LogP contribution in [-0.4, -0.2) is 35.2 Å². The van der Waals surface area contributed by atoms with Gasteiger partial charge in [0.1, 0.15) is 5.54 Å². The van der Waals surface area contributed by atoms with Gasteiger partial charge in [0.15, 0.2) is 0 Å². The van der Waals surface area contributed by atoms with Crippen LogP contribution in [0.5, 0.6) is 0 Å². The van der Waals surface area contributed by atoms with Gasteiger partial charge in [-0.1, -0.05) is 37.3 Å². The van der Waals surface area contributed by atoms with Crippen LogP contribution in [0.3, 0.4) is 0 Å². The maximum absolute atomic E-state index is 14.1. The first kappa shape index (κ1) is 19.7. The van der Waals surface area contributed by atoms with Gasteiger partial charge in [-0.25, -0.2) is 4.90 Å². The van der Waals surface area contributed by atoms with Gasteiger partial charge in [-0.2, -0.15) is 0 Å². The Labute approximate surface area is 187 Å². The number of anilines is 2. The van der Waals surface area contributed by atoms with Crippen LogP contribution in [-0.2, 0) is 26.3 Å². The molecule has 6 nitrogen and oxygen atoms in total. The second kappa shape index (κ2) is 6.51. The van der Waals surface area contributed by atoms with Crippen LogP contribution < -0.4 is 10.2 Å². The molecular formula is C26H27N3O3. The summed E-state index contributed by atoms with van der Waals surface area (Å²) in [6.45, 7) is 6.72. The average molecular weight is 430 g/mol. The standard InChI is InChI=1S/C26H27N3O3/c1-4-16-9-6-10-17-22(16)27-25(32)26(17)21-20(19-12-7-13-28(19)26)23(30)29(24(21)31)18-11-5-8-14(2)15(18)3/h5-6,8-11,19-21H,4,7,12-13H2,1-3H3,(H,27,32)/t19-,20+,21+,26+/m1/s1. The predicted molar refractivity (Wildman–Crippen MR) is 121 cm³/mol. The van der Waals surface area contributed by atoms with Crippen molar-refractivity contribution in [2.24, 2.45) is 11.8 Å². The molecule has 6 rings (SSSR count). The van der Waals surface area contributed by atoms with Crippen molar-refractivity contribution >= 4 is 29.1 Å². The molecule has 0 saturated carbocycles. The number of fused-ring (bicyclic) bond motifs is 7. The van der Waals surface area contributed by atoms with E-state index in [2.05, 4.69) is 17.1 Å². The van der Waals surface area contributed by atoms with E-state index >= 15 is 0 Å². The van der Waals surface area contributed by atoms with Gasteiger partial charge < -0.3 is 5.32 Å². The summed E-state index contributed by atoms with van der Waals surface area (Å²) < 4.78 is 0.